The molecule has 0 aromatic heterocycles. The van der Waals surface area contributed by atoms with Crippen molar-refractivity contribution in [2.75, 3.05) is 39.4 Å². The predicted octanol–water partition coefficient (Wildman–Crippen LogP) is 17.3. The first-order chi connectivity index (χ1) is 32.4. The summed E-state index contributed by atoms with van der Waals surface area (Å²) in [5.74, 6) is 1.45. The minimum absolute atomic E-state index is 0.00121. The SMILES string of the molecule is CCCCCCCC(=O)N(CCCN1CCCC1)C(CCCCCCCCC(=O)OCC(CCCC)CCCCCC)CCCCCCCCC(=O)OCC(CCCCC)CCCCCC. The van der Waals surface area contributed by atoms with Crippen LogP contribution in [0.2, 0.25) is 0 Å². The first-order valence-electron chi connectivity index (χ1n) is 29.7. The van der Waals surface area contributed by atoms with E-state index in [0.29, 0.717) is 56.3 Å². The van der Waals surface area contributed by atoms with Crippen molar-refractivity contribution in [3.63, 3.8) is 0 Å². The predicted molar refractivity (Wildman–Crippen MR) is 283 cm³/mol. The molecule has 1 aliphatic heterocycles. The van der Waals surface area contributed by atoms with E-state index in [9.17, 15) is 14.4 Å². The maximum atomic E-state index is 14.0. The molecule has 66 heavy (non-hydrogen) atoms. The minimum Gasteiger partial charge on any atom is -0.465 e. The summed E-state index contributed by atoms with van der Waals surface area (Å²) in [5, 5.41) is 0. The van der Waals surface area contributed by atoms with Gasteiger partial charge < -0.3 is 19.3 Å². The Labute approximate surface area is 411 Å². The van der Waals surface area contributed by atoms with Gasteiger partial charge in [0.05, 0.1) is 13.2 Å². The van der Waals surface area contributed by atoms with E-state index in [1.807, 2.05) is 0 Å². The number of nitrogens with zero attached hydrogens (tertiary/aromatic N) is 2. The van der Waals surface area contributed by atoms with Crippen LogP contribution in [0.4, 0.5) is 0 Å². The van der Waals surface area contributed by atoms with Gasteiger partial charge in [-0.1, -0.05) is 208 Å². The van der Waals surface area contributed by atoms with Crippen LogP contribution in [0.15, 0.2) is 0 Å². The zero-order valence-corrected chi connectivity index (χ0v) is 45.1. The molecule has 0 radical (unpaired) electrons. The Morgan fingerprint density at radius 2 is 0.758 bits per heavy atom. The number of carbonyl (C=O) groups is 3. The fraction of sp³-hybridized carbons (Fsp3) is 0.949. The Balaban J connectivity index is 2.61. The maximum Gasteiger partial charge on any atom is 0.305 e. The van der Waals surface area contributed by atoms with Crippen molar-refractivity contribution < 1.29 is 23.9 Å². The lowest BCUT2D eigenvalue weighted by Crippen LogP contribution is -2.42. The number of carbonyl (C=O) groups excluding carboxylic acids is 3. The van der Waals surface area contributed by atoms with Crippen molar-refractivity contribution >= 4 is 17.8 Å². The van der Waals surface area contributed by atoms with Crippen LogP contribution in [0.25, 0.3) is 0 Å². The van der Waals surface area contributed by atoms with Gasteiger partial charge in [0, 0.05) is 31.8 Å². The second-order valence-corrected chi connectivity index (χ2v) is 21.1. The van der Waals surface area contributed by atoms with Crippen LogP contribution < -0.4 is 0 Å². The normalized spacial score (nSPS) is 14.4. The number of ether oxygens (including phenoxy) is 2. The molecule has 1 saturated heterocycles. The van der Waals surface area contributed by atoms with Crippen LogP contribution in [-0.2, 0) is 23.9 Å². The average molecular weight is 932 g/mol. The highest BCUT2D eigenvalue weighted by molar-refractivity contribution is 5.76. The van der Waals surface area contributed by atoms with Gasteiger partial charge in [-0.2, -0.15) is 0 Å². The third-order valence-corrected chi connectivity index (χ3v) is 14.7. The Morgan fingerprint density at radius 1 is 0.409 bits per heavy atom. The lowest BCUT2D eigenvalue weighted by atomic mass is 9.95. The Hall–Kier alpha value is -1.63. The van der Waals surface area contributed by atoms with Gasteiger partial charge in [-0.05, 0) is 109 Å². The third-order valence-electron chi connectivity index (χ3n) is 14.7. The molecular weight excluding hydrogens is 817 g/mol. The van der Waals surface area contributed by atoms with Gasteiger partial charge in [-0.15, -0.1) is 0 Å². The third kappa shape index (κ3) is 37.3. The summed E-state index contributed by atoms with van der Waals surface area (Å²) in [6.07, 6.45) is 48.4. The van der Waals surface area contributed by atoms with E-state index in [0.717, 1.165) is 64.5 Å². The van der Waals surface area contributed by atoms with E-state index < -0.39 is 0 Å². The highest BCUT2D eigenvalue weighted by Gasteiger charge is 2.24. The molecule has 0 aromatic carbocycles. The molecule has 0 saturated carbocycles. The molecule has 1 rings (SSSR count). The van der Waals surface area contributed by atoms with E-state index in [2.05, 4.69) is 44.4 Å². The molecule has 0 spiro atoms. The van der Waals surface area contributed by atoms with E-state index in [1.165, 1.54) is 212 Å². The lowest BCUT2D eigenvalue weighted by Gasteiger charge is -2.33. The first kappa shape index (κ1) is 62.4. The van der Waals surface area contributed by atoms with Crippen LogP contribution in [0.5, 0.6) is 0 Å². The summed E-state index contributed by atoms with van der Waals surface area (Å²) in [4.78, 5) is 44.3. The molecule has 3 atom stereocenters. The fourth-order valence-electron chi connectivity index (χ4n) is 10.3. The number of hydrogen-bond acceptors (Lipinski definition) is 6. The number of hydrogen-bond donors (Lipinski definition) is 0. The van der Waals surface area contributed by atoms with Crippen molar-refractivity contribution in [1.82, 2.24) is 9.80 Å². The molecule has 0 aromatic rings. The first-order valence-corrected chi connectivity index (χ1v) is 29.7. The zero-order valence-electron chi connectivity index (χ0n) is 45.1. The monoisotopic (exact) mass is 931 g/mol. The summed E-state index contributed by atoms with van der Waals surface area (Å²) in [6.45, 7) is 17.0. The summed E-state index contributed by atoms with van der Waals surface area (Å²) < 4.78 is 11.6. The van der Waals surface area contributed by atoms with Crippen LogP contribution in [0.3, 0.4) is 0 Å². The Kier molecular flexibility index (Phi) is 44.5. The molecule has 390 valence electrons. The van der Waals surface area contributed by atoms with Gasteiger partial charge in [0.25, 0.3) is 0 Å². The highest BCUT2D eigenvalue weighted by Crippen LogP contribution is 2.24. The minimum atomic E-state index is -0.00220. The molecule has 1 aliphatic rings. The molecule has 0 N–H and O–H groups in total. The number of rotatable bonds is 50. The van der Waals surface area contributed by atoms with Crippen molar-refractivity contribution in [3.05, 3.63) is 0 Å². The number of amides is 1. The summed E-state index contributed by atoms with van der Waals surface area (Å²) in [7, 11) is 0. The summed E-state index contributed by atoms with van der Waals surface area (Å²) in [5.41, 5.74) is 0. The van der Waals surface area contributed by atoms with Gasteiger partial charge in [0.2, 0.25) is 5.91 Å². The number of esters is 2. The number of likely N-dealkylation sites (tertiary alicyclic amines) is 1. The second kappa shape index (κ2) is 47.1. The van der Waals surface area contributed by atoms with Crippen molar-refractivity contribution in [3.8, 4) is 0 Å². The van der Waals surface area contributed by atoms with Crippen LogP contribution in [0, 0.1) is 11.8 Å². The molecule has 1 fully saturated rings. The maximum absolute atomic E-state index is 14.0. The van der Waals surface area contributed by atoms with Crippen LogP contribution >= 0.6 is 0 Å². The quantitative estimate of drug-likeness (QED) is 0.0447. The standard InChI is InChI=1S/C59H114N2O5/c1-6-11-16-23-33-45-57(62)61(51-38-50-60-48-36-37-49-60)56(43-31-24-19-21-26-34-46-58(63)65-52-54(39-15-10-5)41-29-17-12-7-2)44-32-25-20-22-27-35-47-59(64)66-53-55(40-28-14-9-4)42-30-18-13-8-3/h54-56H,6-53H2,1-5H3. The molecule has 0 bridgehead atoms. The second-order valence-electron chi connectivity index (χ2n) is 21.1. The van der Waals surface area contributed by atoms with E-state index >= 15 is 0 Å². The van der Waals surface area contributed by atoms with Gasteiger partial charge >= 0.3 is 11.9 Å². The fourth-order valence-corrected chi connectivity index (χ4v) is 10.3. The van der Waals surface area contributed by atoms with E-state index in [-0.39, 0.29) is 11.9 Å². The molecule has 1 heterocycles. The highest BCUT2D eigenvalue weighted by atomic mass is 16.5. The Morgan fingerprint density at radius 3 is 1.23 bits per heavy atom. The molecule has 0 aliphatic carbocycles. The smallest absolute Gasteiger partial charge is 0.305 e. The van der Waals surface area contributed by atoms with Gasteiger partial charge in [0.1, 0.15) is 0 Å². The average Bonchev–Trinajstić information content (AvgIpc) is 3.85. The number of unbranched alkanes of at least 4 members (excludes halogenated alkanes) is 23. The summed E-state index contributed by atoms with van der Waals surface area (Å²) in [6, 6.07) is 0.335. The van der Waals surface area contributed by atoms with E-state index in [1.54, 1.807) is 0 Å². The van der Waals surface area contributed by atoms with Gasteiger partial charge in [-0.3, -0.25) is 14.4 Å². The molecule has 7 nitrogen and oxygen atoms in total. The van der Waals surface area contributed by atoms with Crippen molar-refractivity contribution in [2.24, 2.45) is 11.8 Å². The largest absolute Gasteiger partial charge is 0.465 e. The van der Waals surface area contributed by atoms with Gasteiger partial charge in [0.15, 0.2) is 0 Å². The van der Waals surface area contributed by atoms with Crippen molar-refractivity contribution in [2.45, 2.75) is 310 Å². The van der Waals surface area contributed by atoms with Crippen LogP contribution in [-0.4, -0.2) is 73.1 Å². The molecule has 7 heteroatoms. The van der Waals surface area contributed by atoms with Crippen LogP contribution in [0.1, 0.15) is 304 Å². The zero-order chi connectivity index (χ0) is 48.0. The molecule has 3 unspecified atom stereocenters. The Bertz CT molecular complexity index is 1080. The molecule has 1 amide bonds. The summed E-state index contributed by atoms with van der Waals surface area (Å²) >= 11 is 0. The van der Waals surface area contributed by atoms with Crippen molar-refractivity contribution in [1.29, 1.82) is 0 Å². The lowest BCUT2D eigenvalue weighted by molar-refractivity contribution is -0.146. The molecular formula is C59H114N2O5. The topological polar surface area (TPSA) is 76.2 Å². The van der Waals surface area contributed by atoms with E-state index in [4.69, 9.17) is 9.47 Å². The van der Waals surface area contributed by atoms with Gasteiger partial charge in [-0.25, -0.2) is 0 Å².